The van der Waals surface area contributed by atoms with E-state index in [9.17, 15) is 4.79 Å². The number of nitrogens with one attached hydrogen (secondary N) is 1. The Morgan fingerprint density at radius 1 is 1.09 bits per heavy atom. The van der Waals surface area contributed by atoms with E-state index in [1.54, 1.807) is 3.33 Å². The third-order valence-corrected chi connectivity index (χ3v) is 28.5. The van der Waals surface area contributed by atoms with Crippen LogP contribution in [0.25, 0.3) is 0 Å². The third-order valence-electron chi connectivity index (χ3n) is 4.44. The Hall–Kier alpha value is 0.617. The first-order valence-corrected chi connectivity index (χ1v) is 20.3. The van der Waals surface area contributed by atoms with Crippen molar-refractivity contribution in [3.63, 3.8) is 0 Å². The summed E-state index contributed by atoms with van der Waals surface area (Å²) in [5, 5.41) is 0. The predicted octanol–water partition coefficient (Wildman–Crippen LogP) is -2.07. The summed E-state index contributed by atoms with van der Waals surface area (Å²) in [6, 6.07) is 0. The maximum absolute atomic E-state index is 12.4. The first-order valence-electron chi connectivity index (χ1n) is 7.55. The van der Waals surface area contributed by atoms with Gasteiger partial charge in [0.05, 0.1) is 0 Å². The minimum Gasteiger partial charge on any atom is -1.00 e. The van der Waals surface area contributed by atoms with Gasteiger partial charge in [-0.2, -0.15) is 0 Å². The molecule has 0 aromatic rings. The van der Waals surface area contributed by atoms with Crippen molar-refractivity contribution < 1.29 is 50.5 Å². The van der Waals surface area contributed by atoms with E-state index in [2.05, 4.69) is 44.1 Å². The number of amides is 1. The van der Waals surface area contributed by atoms with E-state index in [1.165, 1.54) is 16.7 Å². The fourth-order valence-corrected chi connectivity index (χ4v) is 25.5. The number of rotatable bonds is 3. The third kappa shape index (κ3) is 5.32. The summed E-state index contributed by atoms with van der Waals surface area (Å²) >= 11 is -2.19. The standard InChI is InChI=1S/C9H13.C5H11NO.C2H7Si.2ClH.Hf/c1-6-5-7(2)9(4)8(6)3;1-5(2,3)4(6)7;1-3-2;;;/h6H,1-4H3;1-3H3,(H2,6,7);3H,1-2H3;2*1H;/q;;;;;+3/p-3. The molecule has 2 nitrogen and oxygen atoms in total. The molecule has 1 aliphatic rings. The van der Waals surface area contributed by atoms with Crippen molar-refractivity contribution in [2.24, 2.45) is 11.3 Å². The number of halogens is 2. The van der Waals surface area contributed by atoms with E-state index in [0.29, 0.717) is 5.92 Å². The van der Waals surface area contributed by atoms with E-state index >= 15 is 0 Å². The molecule has 6 heteroatoms. The van der Waals surface area contributed by atoms with Crippen molar-refractivity contribution in [2.75, 3.05) is 0 Å². The van der Waals surface area contributed by atoms with Crippen LogP contribution in [0.1, 0.15) is 48.5 Å². The number of carbonyl (C=O) groups is 1. The van der Waals surface area contributed by atoms with Crippen LogP contribution in [0.2, 0.25) is 13.1 Å². The van der Waals surface area contributed by atoms with E-state index < -0.39 is 26.9 Å². The van der Waals surface area contributed by atoms with Gasteiger partial charge in [0.25, 0.3) is 0 Å². The van der Waals surface area contributed by atoms with Crippen molar-refractivity contribution in [1.29, 1.82) is 0 Å². The molecule has 0 bridgehead atoms. The van der Waals surface area contributed by atoms with Gasteiger partial charge in [-0.15, -0.1) is 0 Å². The van der Waals surface area contributed by atoms with E-state index in [4.69, 9.17) is 0 Å². The maximum atomic E-state index is 12.4. The van der Waals surface area contributed by atoms with E-state index in [0.717, 1.165) is 0 Å². The van der Waals surface area contributed by atoms with Crippen LogP contribution in [-0.4, -0.2) is 11.9 Å². The number of hydrogen-bond acceptors (Lipinski definition) is 1. The first kappa shape index (κ1) is 24.9. The smallest absolute Gasteiger partial charge is 1.00 e. The van der Waals surface area contributed by atoms with Crippen LogP contribution in [0.4, 0.5) is 0 Å². The van der Waals surface area contributed by atoms with Crippen molar-refractivity contribution in [3.05, 3.63) is 20.0 Å². The molecule has 1 unspecified atom stereocenters. The minimum absolute atomic E-state index is 0. The summed E-state index contributed by atoms with van der Waals surface area (Å²) in [4.78, 5) is 12.4. The summed E-state index contributed by atoms with van der Waals surface area (Å²) in [6.45, 7) is 20.0. The van der Waals surface area contributed by atoms with Crippen LogP contribution in [0.3, 0.4) is 0 Å². The topological polar surface area (TPSA) is 29.1 Å². The zero-order valence-corrected chi connectivity index (χ0v) is 21.6. The Kier molecular flexibility index (Phi) is 10.4. The molecule has 1 N–H and O–H groups in total. The average Bonchev–Trinajstić information content (AvgIpc) is 2.50. The van der Waals surface area contributed by atoms with Gasteiger partial charge in [-0.05, 0) is 0 Å². The normalized spacial score (nSPS) is 18.2. The van der Waals surface area contributed by atoms with E-state index in [-0.39, 0.29) is 36.1 Å². The molecule has 0 fully saturated rings. The molecule has 1 rings (SSSR count). The van der Waals surface area contributed by atoms with Crippen molar-refractivity contribution in [1.82, 2.24) is 3.30 Å². The largest absolute Gasteiger partial charge is 1.00 e. The van der Waals surface area contributed by atoms with Crippen LogP contribution < -0.4 is 28.1 Å². The predicted molar refractivity (Wildman–Crippen MR) is 86.7 cm³/mol. The quantitative estimate of drug-likeness (QED) is 0.419. The Labute approximate surface area is 157 Å². The second-order valence-corrected chi connectivity index (χ2v) is 32.6. The van der Waals surface area contributed by atoms with Crippen LogP contribution in [-0.2, 0) is 25.7 Å². The molecule has 0 heterocycles. The van der Waals surface area contributed by atoms with Crippen molar-refractivity contribution >= 4 is 11.9 Å². The van der Waals surface area contributed by atoms with Gasteiger partial charge in [-0.1, -0.05) is 0 Å². The molecule has 0 aromatic carbocycles. The second-order valence-electron chi connectivity index (χ2n) is 7.34. The zero-order chi connectivity index (χ0) is 15.8. The summed E-state index contributed by atoms with van der Waals surface area (Å²) < 4.78 is 5.22. The molecule has 1 amide bonds. The number of allylic oxidation sites excluding steroid dienone is 4. The molecule has 1 atom stereocenters. The van der Waals surface area contributed by atoms with Gasteiger partial charge >= 0.3 is 134 Å². The molecule has 0 saturated carbocycles. The van der Waals surface area contributed by atoms with Crippen molar-refractivity contribution in [2.45, 2.75) is 61.6 Å². The Balaban J connectivity index is 0. The molecule has 0 aromatic heterocycles. The SMILES string of the molecule is CC1=C(C)C(C)[C]([Hf+2]([NH]C(=O)C(C)(C)C)[SiH](C)C)=C1C.[Cl-].[Cl-]. The summed E-state index contributed by atoms with van der Waals surface area (Å²) in [6.07, 6.45) is 0. The Morgan fingerprint density at radius 3 is 1.82 bits per heavy atom. The van der Waals surface area contributed by atoms with Crippen LogP contribution in [0.5, 0.6) is 0 Å². The molecule has 22 heavy (non-hydrogen) atoms. The minimum atomic E-state index is -2.19. The molecular formula is C16H30Cl2HfNOSi. The van der Waals surface area contributed by atoms with Gasteiger partial charge in [0.2, 0.25) is 0 Å². The molecule has 0 radical (unpaired) electrons. The Bertz CT molecular complexity index is 481. The van der Waals surface area contributed by atoms with Gasteiger partial charge in [0.15, 0.2) is 0 Å². The van der Waals surface area contributed by atoms with Gasteiger partial charge in [-0.3, -0.25) is 0 Å². The number of hydrogen-bond donors (Lipinski definition) is 1. The van der Waals surface area contributed by atoms with Gasteiger partial charge in [0, 0.05) is 0 Å². The monoisotopic (exact) mass is 530 g/mol. The van der Waals surface area contributed by atoms with Crippen LogP contribution in [0, 0.1) is 11.3 Å². The zero-order valence-electron chi connectivity index (χ0n) is 15.3. The van der Waals surface area contributed by atoms with E-state index in [1.807, 2.05) is 20.8 Å². The molecule has 0 aliphatic heterocycles. The first-order chi connectivity index (χ1) is 8.98. The van der Waals surface area contributed by atoms with Gasteiger partial charge in [-0.25, -0.2) is 0 Å². The fourth-order valence-electron chi connectivity index (χ4n) is 2.63. The second kappa shape index (κ2) is 9.19. The van der Waals surface area contributed by atoms with Crippen molar-refractivity contribution in [3.8, 4) is 0 Å². The number of carbonyl (C=O) groups excluding carboxylic acids is 1. The van der Waals surface area contributed by atoms with Gasteiger partial charge < -0.3 is 24.8 Å². The fraction of sp³-hybridized carbons (Fsp3) is 0.688. The Morgan fingerprint density at radius 2 is 1.55 bits per heavy atom. The molecule has 1 aliphatic carbocycles. The van der Waals surface area contributed by atoms with Crippen LogP contribution >= 0.6 is 0 Å². The summed E-state index contributed by atoms with van der Waals surface area (Å²) in [5.41, 5.74) is 4.20. The molecule has 0 saturated heterocycles. The maximum Gasteiger partial charge on any atom is -1.00 e. The summed E-state index contributed by atoms with van der Waals surface area (Å²) in [5.74, 6) is 0.0206. The van der Waals surface area contributed by atoms with Gasteiger partial charge in [0.1, 0.15) is 0 Å². The van der Waals surface area contributed by atoms with Crippen LogP contribution in [0.15, 0.2) is 20.0 Å². The molecule has 0 spiro atoms. The summed E-state index contributed by atoms with van der Waals surface area (Å²) in [7, 11) is 0. The average molecular weight is 530 g/mol. The molecular weight excluding hydrogens is 500 g/mol. The molecule has 127 valence electrons.